The summed E-state index contributed by atoms with van der Waals surface area (Å²) < 4.78 is 5.79. The molecule has 0 aromatic heterocycles. The SMILES string of the molecule is CCCC1=CC[C@@H](C(=O)N[C@@H](C2O[C@H](SC)[C@H](O)[C@@H](O)[C@H]2O)[C@H](C)Cl)NCC1. The first-order chi connectivity index (χ1) is 13.3. The molecule has 1 fully saturated rings. The van der Waals surface area contributed by atoms with E-state index < -0.39 is 41.3 Å². The number of hydrogen-bond acceptors (Lipinski definition) is 7. The van der Waals surface area contributed by atoms with Gasteiger partial charge in [0.05, 0.1) is 17.5 Å². The molecule has 2 heterocycles. The first kappa shape index (κ1) is 23.9. The number of rotatable bonds is 7. The van der Waals surface area contributed by atoms with Crippen LogP contribution in [0.5, 0.6) is 0 Å². The van der Waals surface area contributed by atoms with Gasteiger partial charge in [-0.05, 0) is 39.0 Å². The van der Waals surface area contributed by atoms with Gasteiger partial charge in [-0.15, -0.1) is 23.4 Å². The molecule has 0 aliphatic carbocycles. The van der Waals surface area contributed by atoms with Gasteiger partial charge in [0.15, 0.2) is 0 Å². The molecule has 0 aromatic rings. The highest BCUT2D eigenvalue weighted by Gasteiger charge is 2.48. The zero-order chi connectivity index (χ0) is 20.8. The van der Waals surface area contributed by atoms with Crippen molar-refractivity contribution in [1.82, 2.24) is 10.6 Å². The van der Waals surface area contributed by atoms with Crippen LogP contribution in [-0.4, -0.2) is 81.3 Å². The summed E-state index contributed by atoms with van der Waals surface area (Å²) in [4.78, 5) is 12.9. The van der Waals surface area contributed by atoms with Gasteiger partial charge in [-0.2, -0.15) is 0 Å². The Morgan fingerprint density at radius 1 is 1.39 bits per heavy atom. The Hall–Kier alpha value is -0.350. The zero-order valence-electron chi connectivity index (χ0n) is 16.7. The lowest BCUT2D eigenvalue weighted by Gasteiger charge is -2.44. The molecule has 1 unspecified atom stereocenters. The molecule has 0 spiro atoms. The minimum Gasteiger partial charge on any atom is -0.388 e. The van der Waals surface area contributed by atoms with E-state index in [0.717, 1.165) is 25.8 Å². The number of aliphatic hydroxyl groups is 3. The number of ether oxygens (including phenoxy) is 1. The Bertz CT molecular complexity index is 548. The van der Waals surface area contributed by atoms with E-state index in [1.807, 2.05) is 0 Å². The normalized spacial score (nSPS) is 36.2. The average Bonchev–Trinajstić information content (AvgIpc) is 2.91. The molecule has 2 rings (SSSR count). The lowest BCUT2D eigenvalue weighted by atomic mass is 9.93. The van der Waals surface area contributed by atoms with Crippen LogP contribution in [0.25, 0.3) is 0 Å². The summed E-state index contributed by atoms with van der Waals surface area (Å²) in [5, 5.41) is 36.2. The molecular weight excluding hydrogens is 404 g/mol. The van der Waals surface area contributed by atoms with Crippen molar-refractivity contribution in [1.29, 1.82) is 0 Å². The highest BCUT2D eigenvalue weighted by molar-refractivity contribution is 7.99. The smallest absolute Gasteiger partial charge is 0.237 e. The summed E-state index contributed by atoms with van der Waals surface area (Å²) in [6, 6.07) is -1.11. The number of carbonyl (C=O) groups is 1. The second-order valence-electron chi connectivity index (χ2n) is 7.49. The number of thioether (sulfide) groups is 1. The van der Waals surface area contributed by atoms with Crippen LogP contribution in [0, 0.1) is 0 Å². The molecule has 1 saturated heterocycles. The first-order valence-electron chi connectivity index (χ1n) is 9.88. The van der Waals surface area contributed by atoms with Gasteiger partial charge in [0.25, 0.3) is 0 Å². The van der Waals surface area contributed by atoms with Gasteiger partial charge in [-0.25, -0.2) is 0 Å². The minimum absolute atomic E-state index is 0.219. The maximum Gasteiger partial charge on any atom is 0.237 e. The molecule has 2 aliphatic heterocycles. The topological polar surface area (TPSA) is 111 Å². The van der Waals surface area contributed by atoms with Gasteiger partial charge < -0.3 is 30.7 Å². The van der Waals surface area contributed by atoms with E-state index >= 15 is 0 Å². The van der Waals surface area contributed by atoms with E-state index in [1.54, 1.807) is 13.2 Å². The molecule has 8 atom stereocenters. The molecule has 9 heteroatoms. The highest BCUT2D eigenvalue weighted by atomic mass is 35.5. The Balaban J connectivity index is 2.08. The largest absolute Gasteiger partial charge is 0.388 e. The second-order valence-corrected chi connectivity index (χ2v) is 9.12. The third-order valence-electron chi connectivity index (χ3n) is 5.36. The van der Waals surface area contributed by atoms with Crippen LogP contribution < -0.4 is 10.6 Å². The van der Waals surface area contributed by atoms with E-state index in [-0.39, 0.29) is 11.9 Å². The lowest BCUT2D eigenvalue weighted by Crippen LogP contribution is -2.65. The van der Waals surface area contributed by atoms with E-state index in [4.69, 9.17) is 16.3 Å². The van der Waals surface area contributed by atoms with Gasteiger partial charge in [-0.1, -0.05) is 25.0 Å². The molecule has 0 aromatic carbocycles. The van der Waals surface area contributed by atoms with Crippen LogP contribution in [0.2, 0.25) is 0 Å². The van der Waals surface area contributed by atoms with Crippen LogP contribution in [0.15, 0.2) is 11.6 Å². The van der Waals surface area contributed by atoms with E-state index in [2.05, 4.69) is 23.6 Å². The van der Waals surface area contributed by atoms with Gasteiger partial charge >= 0.3 is 0 Å². The van der Waals surface area contributed by atoms with Crippen LogP contribution in [0.4, 0.5) is 0 Å². The van der Waals surface area contributed by atoms with Crippen molar-refractivity contribution in [3.05, 3.63) is 11.6 Å². The maximum atomic E-state index is 12.9. The summed E-state index contributed by atoms with van der Waals surface area (Å²) in [6.07, 6.45) is 2.63. The third kappa shape index (κ3) is 5.84. The van der Waals surface area contributed by atoms with E-state index in [9.17, 15) is 20.1 Å². The highest BCUT2D eigenvalue weighted by Crippen LogP contribution is 2.30. The molecule has 7 nitrogen and oxygen atoms in total. The standard InChI is InChI=1S/C19H33ClN2O5S/c1-4-5-11-6-7-12(21-9-8-11)18(26)22-13(10(2)20)17-15(24)14(23)16(25)19(27-17)28-3/h6,10,12-17,19,21,23-25H,4-5,7-9H2,1-3H3,(H,22,26)/t10-,12-,13+,14-,15+,16+,17?,19+/m0/s1. The summed E-state index contributed by atoms with van der Waals surface area (Å²) in [6.45, 7) is 4.57. The molecule has 162 valence electrons. The summed E-state index contributed by atoms with van der Waals surface area (Å²) in [5.41, 5.74) is 0.646. The minimum atomic E-state index is -1.37. The van der Waals surface area contributed by atoms with Crippen molar-refractivity contribution in [2.45, 2.75) is 86.8 Å². The molecular formula is C19H33ClN2O5S. The van der Waals surface area contributed by atoms with E-state index in [0.29, 0.717) is 6.42 Å². The summed E-state index contributed by atoms with van der Waals surface area (Å²) in [5.74, 6) is -0.219. The quantitative estimate of drug-likeness (QED) is 0.296. The van der Waals surface area contributed by atoms with Crippen molar-refractivity contribution in [3.8, 4) is 0 Å². The van der Waals surface area contributed by atoms with Crippen LogP contribution in [0.1, 0.15) is 39.5 Å². The number of amides is 1. The molecule has 1 amide bonds. The van der Waals surface area contributed by atoms with Gasteiger partial charge in [-0.3, -0.25) is 4.79 Å². The number of aliphatic hydroxyl groups excluding tert-OH is 3. The van der Waals surface area contributed by atoms with Gasteiger partial charge in [0.2, 0.25) is 5.91 Å². The number of halogens is 1. The van der Waals surface area contributed by atoms with E-state index in [1.165, 1.54) is 17.3 Å². The Morgan fingerprint density at radius 3 is 2.71 bits per heavy atom. The van der Waals surface area contributed by atoms with Crippen molar-refractivity contribution >= 4 is 29.3 Å². The predicted octanol–water partition coefficient (Wildman–Crippen LogP) is 0.748. The Kier molecular flexibility index (Phi) is 9.53. The molecule has 2 aliphatic rings. The Labute approximate surface area is 176 Å². The summed E-state index contributed by atoms with van der Waals surface area (Å²) in [7, 11) is 0. The fraction of sp³-hybridized carbons (Fsp3) is 0.842. The molecule has 28 heavy (non-hydrogen) atoms. The number of nitrogens with one attached hydrogen (secondary N) is 2. The lowest BCUT2D eigenvalue weighted by molar-refractivity contribution is -0.205. The molecule has 5 N–H and O–H groups in total. The molecule has 0 bridgehead atoms. The number of carbonyl (C=O) groups excluding carboxylic acids is 1. The second kappa shape index (κ2) is 11.2. The monoisotopic (exact) mass is 436 g/mol. The van der Waals surface area contributed by atoms with Crippen molar-refractivity contribution in [3.63, 3.8) is 0 Å². The maximum absolute atomic E-state index is 12.9. The van der Waals surface area contributed by atoms with Crippen molar-refractivity contribution in [2.24, 2.45) is 0 Å². The van der Waals surface area contributed by atoms with Crippen molar-refractivity contribution in [2.75, 3.05) is 12.8 Å². The fourth-order valence-corrected chi connectivity index (χ4v) is 4.60. The van der Waals surface area contributed by atoms with Gasteiger partial charge in [0.1, 0.15) is 29.9 Å². The number of hydrogen-bond donors (Lipinski definition) is 5. The Morgan fingerprint density at radius 2 is 2.11 bits per heavy atom. The van der Waals surface area contributed by atoms with Gasteiger partial charge in [0, 0.05) is 0 Å². The molecule has 0 saturated carbocycles. The fourth-order valence-electron chi connectivity index (χ4n) is 3.71. The third-order valence-corrected chi connectivity index (χ3v) is 6.49. The average molecular weight is 437 g/mol. The predicted molar refractivity (Wildman–Crippen MR) is 111 cm³/mol. The van der Waals surface area contributed by atoms with Crippen molar-refractivity contribution < 1.29 is 24.9 Å². The van der Waals surface area contributed by atoms with Crippen LogP contribution in [-0.2, 0) is 9.53 Å². The van der Waals surface area contributed by atoms with Crippen LogP contribution >= 0.6 is 23.4 Å². The number of alkyl halides is 1. The zero-order valence-corrected chi connectivity index (χ0v) is 18.2. The molecule has 0 radical (unpaired) electrons. The first-order valence-corrected chi connectivity index (χ1v) is 11.6. The summed E-state index contributed by atoms with van der Waals surface area (Å²) >= 11 is 7.54. The van der Waals surface area contributed by atoms with Crippen LogP contribution in [0.3, 0.4) is 0 Å².